The van der Waals surface area contributed by atoms with Crippen molar-refractivity contribution < 1.29 is 25.2 Å². The van der Waals surface area contributed by atoms with Gasteiger partial charge in [-0.3, -0.25) is 0 Å². The van der Waals surface area contributed by atoms with Crippen molar-refractivity contribution in [3.63, 3.8) is 0 Å². The van der Waals surface area contributed by atoms with Gasteiger partial charge in [0.05, 0.1) is 12.6 Å². The predicted molar refractivity (Wildman–Crippen MR) is 45.2 cm³/mol. The van der Waals surface area contributed by atoms with E-state index in [1.165, 1.54) is 0 Å². The van der Waals surface area contributed by atoms with Gasteiger partial charge in [0, 0.05) is 0 Å². The van der Waals surface area contributed by atoms with Crippen molar-refractivity contribution in [2.75, 3.05) is 6.61 Å². The molecule has 1 rings (SSSR count). The summed E-state index contributed by atoms with van der Waals surface area (Å²) in [5.74, 6) is 0. The number of ether oxygens (including phenoxy) is 1. The van der Waals surface area contributed by atoms with E-state index in [-0.39, 0.29) is 12.4 Å². The van der Waals surface area contributed by atoms with E-state index in [2.05, 4.69) is 0 Å². The fourth-order valence-electron chi connectivity index (χ4n) is 1.12. The molecular formula is C6H14ClNO5. The smallest absolute Gasteiger partial charge is 0.173 e. The molecule has 0 bridgehead atoms. The fourth-order valence-corrected chi connectivity index (χ4v) is 1.12. The van der Waals surface area contributed by atoms with Crippen molar-refractivity contribution in [2.45, 2.75) is 30.6 Å². The zero-order valence-electron chi connectivity index (χ0n) is 6.78. The Balaban J connectivity index is 0.00000144. The van der Waals surface area contributed by atoms with Gasteiger partial charge in [0.2, 0.25) is 0 Å². The van der Waals surface area contributed by atoms with Crippen LogP contribution >= 0.6 is 12.4 Å². The minimum Gasteiger partial charge on any atom is -0.394 e. The lowest BCUT2D eigenvalue weighted by molar-refractivity contribution is -0.248. The van der Waals surface area contributed by atoms with Crippen LogP contribution in [0, 0.1) is 0 Å². The maximum Gasteiger partial charge on any atom is 0.173 e. The fraction of sp³-hybridized carbons (Fsp3) is 1.00. The number of rotatable bonds is 1. The second kappa shape index (κ2) is 5.06. The van der Waals surface area contributed by atoms with Crippen LogP contribution in [0.4, 0.5) is 0 Å². The summed E-state index contributed by atoms with van der Waals surface area (Å²) in [6, 6.07) is -1.04. The van der Waals surface area contributed by atoms with Gasteiger partial charge in [0.25, 0.3) is 0 Å². The Morgan fingerprint density at radius 3 is 2.15 bits per heavy atom. The Kier molecular flexibility index (Phi) is 5.08. The van der Waals surface area contributed by atoms with Crippen molar-refractivity contribution in [1.29, 1.82) is 0 Å². The van der Waals surface area contributed by atoms with Crippen molar-refractivity contribution in [3.8, 4) is 0 Å². The van der Waals surface area contributed by atoms with Crippen LogP contribution in [0.3, 0.4) is 0 Å². The van der Waals surface area contributed by atoms with Crippen LogP contribution < -0.4 is 5.73 Å². The van der Waals surface area contributed by atoms with Crippen molar-refractivity contribution in [1.82, 2.24) is 0 Å². The Bertz CT molecular complexity index is 155. The summed E-state index contributed by atoms with van der Waals surface area (Å²) < 4.78 is 4.70. The van der Waals surface area contributed by atoms with Crippen LogP contribution in [-0.2, 0) is 4.74 Å². The number of nitrogens with two attached hydrogens (primary N) is 1. The van der Waals surface area contributed by atoms with Gasteiger partial charge in [-0.05, 0) is 0 Å². The van der Waals surface area contributed by atoms with Crippen molar-refractivity contribution in [3.05, 3.63) is 0 Å². The minimum absolute atomic E-state index is 0. The summed E-state index contributed by atoms with van der Waals surface area (Å²) in [4.78, 5) is 0. The Morgan fingerprint density at radius 1 is 1.15 bits per heavy atom. The molecule has 1 saturated heterocycles. The van der Waals surface area contributed by atoms with Crippen molar-refractivity contribution in [2.24, 2.45) is 5.73 Å². The standard InChI is InChI=1S/C6H13NO5.ClH/c7-3-5(10)4(9)2(1-8)12-6(3)11;/h2-6,8-11H,1,7H2;1H/t2-,3-,4+,5-,6?;/m0./s1. The highest BCUT2D eigenvalue weighted by atomic mass is 35.5. The summed E-state index contributed by atoms with van der Waals surface area (Å²) in [5, 5.41) is 36.1. The number of aliphatic hydroxyl groups is 4. The zero-order valence-corrected chi connectivity index (χ0v) is 7.59. The van der Waals surface area contributed by atoms with Crippen LogP contribution in [0.5, 0.6) is 0 Å². The highest BCUT2D eigenvalue weighted by molar-refractivity contribution is 5.85. The van der Waals surface area contributed by atoms with E-state index in [1.54, 1.807) is 0 Å². The Labute approximate surface area is 81.3 Å². The van der Waals surface area contributed by atoms with Crippen LogP contribution in [-0.4, -0.2) is 57.7 Å². The van der Waals surface area contributed by atoms with Crippen LogP contribution in [0.2, 0.25) is 0 Å². The average molecular weight is 216 g/mol. The molecule has 6 N–H and O–H groups in total. The largest absolute Gasteiger partial charge is 0.394 e. The number of hydrogen-bond acceptors (Lipinski definition) is 6. The highest BCUT2D eigenvalue weighted by Gasteiger charge is 2.41. The van der Waals surface area contributed by atoms with E-state index in [1.807, 2.05) is 0 Å². The van der Waals surface area contributed by atoms with Crippen LogP contribution in [0.1, 0.15) is 0 Å². The Morgan fingerprint density at radius 2 is 1.69 bits per heavy atom. The summed E-state index contributed by atoms with van der Waals surface area (Å²) in [6.45, 7) is -0.470. The molecule has 0 amide bonds. The average Bonchev–Trinajstić information content (AvgIpc) is 2.08. The summed E-state index contributed by atoms with van der Waals surface area (Å²) >= 11 is 0. The molecule has 1 unspecified atom stereocenters. The summed E-state index contributed by atoms with van der Waals surface area (Å²) in [6.07, 6.45) is -4.85. The zero-order chi connectivity index (χ0) is 9.30. The normalized spacial score (nSPS) is 45.5. The molecular weight excluding hydrogens is 202 g/mol. The number of aliphatic hydroxyl groups excluding tert-OH is 4. The molecule has 0 aromatic heterocycles. The molecule has 1 heterocycles. The SMILES string of the molecule is Cl.N[C@@H]1C(O)O[C@@H](CO)[C@@H](O)[C@H]1O. The summed E-state index contributed by atoms with van der Waals surface area (Å²) in [7, 11) is 0. The lowest BCUT2D eigenvalue weighted by Gasteiger charge is -2.38. The summed E-state index contributed by atoms with van der Waals surface area (Å²) in [5.41, 5.74) is 5.26. The van der Waals surface area contributed by atoms with Gasteiger partial charge in [-0.2, -0.15) is 0 Å². The molecule has 13 heavy (non-hydrogen) atoms. The molecule has 1 aliphatic heterocycles. The molecule has 0 aromatic carbocycles. The molecule has 1 fully saturated rings. The van der Waals surface area contributed by atoms with E-state index in [4.69, 9.17) is 20.7 Å². The first-order valence-corrected chi connectivity index (χ1v) is 3.64. The number of halogens is 1. The predicted octanol–water partition coefficient (Wildman–Crippen LogP) is -2.83. The van der Waals surface area contributed by atoms with Gasteiger partial charge in [0.15, 0.2) is 6.29 Å². The van der Waals surface area contributed by atoms with Crippen LogP contribution in [0.15, 0.2) is 0 Å². The van der Waals surface area contributed by atoms with Gasteiger partial charge < -0.3 is 30.9 Å². The molecule has 0 spiro atoms. The molecule has 5 atom stereocenters. The van der Waals surface area contributed by atoms with Gasteiger partial charge in [-0.25, -0.2) is 0 Å². The molecule has 0 saturated carbocycles. The third kappa shape index (κ3) is 2.50. The first kappa shape index (κ1) is 13.1. The van der Waals surface area contributed by atoms with Gasteiger partial charge in [-0.1, -0.05) is 0 Å². The van der Waals surface area contributed by atoms with E-state index in [0.717, 1.165) is 0 Å². The highest BCUT2D eigenvalue weighted by Crippen LogP contribution is 2.17. The molecule has 7 heteroatoms. The third-order valence-electron chi connectivity index (χ3n) is 1.95. The second-order valence-electron chi connectivity index (χ2n) is 2.81. The molecule has 6 nitrogen and oxygen atoms in total. The quantitative estimate of drug-likeness (QED) is 0.322. The van der Waals surface area contributed by atoms with E-state index in [0.29, 0.717) is 0 Å². The lowest BCUT2D eigenvalue weighted by Crippen LogP contribution is -2.61. The second-order valence-corrected chi connectivity index (χ2v) is 2.81. The minimum atomic E-state index is -1.35. The molecule has 1 aliphatic rings. The first-order chi connectivity index (χ1) is 5.57. The van der Waals surface area contributed by atoms with Gasteiger partial charge in [0.1, 0.15) is 18.3 Å². The van der Waals surface area contributed by atoms with Crippen molar-refractivity contribution >= 4 is 12.4 Å². The maximum atomic E-state index is 9.20. The lowest BCUT2D eigenvalue weighted by atomic mass is 9.98. The molecule has 80 valence electrons. The maximum absolute atomic E-state index is 9.20. The van der Waals surface area contributed by atoms with Crippen LogP contribution in [0.25, 0.3) is 0 Å². The topological polar surface area (TPSA) is 116 Å². The number of hydrogen-bond donors (Lipinski definition) is 5. The molecule has 0 aliphatic carbocycles. The monoisotopic (exact) mass is 215 g/mol. The van der Waals surface area contributed by atoms with E-state index < -0.39 is 37.3 Å². The molecule has 0 radical (unpaired) electrons. The van der Waals surface area contributed by atoms with E-state index >= 15 is 0 Å². The Hall–Kier alpha value is 0.0500. The van der Waals surface area contributed by atoms with Gasteiger partial charge in [-0.15, -0.1) is 12.4 Å². The van der Waals surface area contributed by atoms with Gasteiger partial charge >= 0.3 is 0 Å². The molecule has 0 aromatic rings. The third-order valence-corrected chi connectivity index (χ3v) is 1.95. The van der Waals surface area contributed by atoms with E-state index in [9.17, 15) is 10.2 Å². The first-order valence-electron chi connectivity index (χ1n) is 3.64.